The SMILES string of the molecule is CCOc1ccc(CCC(=O)Nc2nc(C(=O)OC)ns2)cc1OC. The van der Waals surface area contributed by atoms with Crippen molar-refractivity contribution in [3.8, 4) is 11.5 Å². The number of benzene rings is 1. The van der Waals surface area contributed by atoms with E-state index in [1.807, 2.05) is 25.1 Å². The minimum Gasteiger partial charge on any atom is -0.493 e. The largest absolute Gasteiger partial charge is 0.493 e. The summed E-state index contributed by atoms with van der Waals surface area (Å²) < 4.78 is 19.1. The van der Waals surface area contributed by atoms with Crippen LogP contribution in [0.5, 0.6) is 11.5 Å². The molecule has 0 saturated carbocycles. The van der Waals surface area contributed by atoms with Crippen LogP contribution in [0.4, 0.5) is 5.13 Å². The molecule has 0 aliphatic carbocycles. The molecule has 2 rings (SSSR count). The Hall–Kier alpha value is -2.68. The highest BCUT2D eigenvalue weighted by Gasteiger charge is 2.14. The molecule has 0 spiro atoms. The van der Waals surface area contributed by atoms with E-state index >= 15 is 0 Å². The lowest BCUT2D eigenvalue weighted by atomic mass is 10.1. The molecule has 2 aromatic rings. The maximum absolute atomic E-state index is 12.0. The number of nitrogens with one attached hydrogen (secondary N) is 1. The third-order valence-electron chi connectivity index (χ3n) is 3.21. The van der Waals surface area contributed by atoms with Crippen molar-refractivity contribution in [1.29, 1.82) is 0 Å². The van der Waals surface area contributed by atoms with Crippen molar-refractivity contribution in [2.24, 2.45) is 0 Å². The van der Waals surface area contributed by atoms with Gasteiger partial charge in [0.2, 0.25) is 11.0 Å². The lowest BCUT2D eigenvalue weighted by Gasteiger charge is -2.10. The van der Waals surface area contributed by atoms with E-state index in [0.29, 0.717) is 24.5 Å². The van der Waals surface area contributed by atoms with E-state index < -0.39 is 5.97 Å². The molecule has 1 aromatic heterocycles. The van der Waals surface area contributed by atoms with Crippen LogP contribution in [-0.4, -0.2) is 42.1 Å². The van der Waals surface area contributed by atoms with Gasteiger partial charge in [0.05, 0.1) is 20.8 Å². The lowest BCUT2D eigenvalue weighted by molar-refractivity contribution is -0.116. The maximum Gasteiger partial charge on any atom is 0.377 e. The standard InChI is InChI=1S/C16H19N3O5S/c1-4-24-11-7-5-10(9-12(11)22-2)6-8-13(20)17-16-18-14(19-25-16)15(21)23-3/h5,7,9H,4,6,8H2,1-3H3,(H,17,18,19,20). The number of hydrogen-bond donors (Lipinski definition) is 1. The summed E-state index contributed by atoms with van der Waals surface area (Å²) in [6, 6.07) is 5.56. The van der Waals surface area contributed by atoms with Gasteiger partial charge < -0.3 is 19.5 Å². The Morgan fingerprint density at radius 3 is 2.72 bits per heavy atom. The maximum atomic E-state index is 12.0. The molecule has 0 aliphatic rings. The van der Waals surface area contributed by atoms with Crippen molar-refractivity contribution in [1.82, 2.24) is 9.36 Å². The fraction of sp³-hybridized carbons (Fsp3) is 0.375. The van der Waals surface area contributed by atoms with Crippen LogP contribution < -0.4 is 14.8 Å². The highest BCUT2D eigenvalue weighted by atomic mass is 32.1. The van der Waals surface area contributed by atoms with E-state index in [4.69, 9.17) is 9.47 Å². The number of carbonyl (C=O) groups excluding carboxylic acids is 2. The average Bonchev–Trinajstić information content (AvgIpc) is 3.08. The molecule has 0 unspecified atom stereocenters. The van der Waals surface area contributed by atoms with Gasteiger partial charge in [0.25, 0.3) is 5.82 Å². The van der Waals surface area contributed by atoms with Crippen molar-refractivity contribution in [2.45, 2.75) is 19.8 Å². The summed E-state index contributed by atoms with van der Waals surface area (Å²) in [5, 5.41) is 2.87. The van der Waals surface area contributed by atoms with Gasteiger partial charge in [-0.15, -0.1) is 0 Å². The van der Waals surface area contributed by atoms with Crippen LogP contribution in [0.1, 0.15) is 29.5 Å². The van der Waals surface area contributed by atoms with Gasteiger partial charge >= 0.3 is 5.97 Å². The van der Waals surface area contributed by atoms with Crippen LogP contribution >= 0.6 is 11.5 Å². The quantitative estimate of drug-likeness (QED) is 0.717. The molecule has 1 heterocycles. The second kappa shape index (κ2) is 8.97. The van der Waals surface area contributed by atoms with Crippen molar-refractivity contribution in [2.75, 3.05) is 26.1 Å². The summed E-state index contributed by atoms with van der Waals surface area (Å²) >= 11 is 0.926. The Kier molecular flexibility index (Phi) is 6.70. The van der Waals surface area contributed by atoms with Gasteiger partial charge in [-0.2, -0.15) is 9.36 Å². The Morgan fingerprint density at radius 1 is 1.24 bits per heavy atom. The third-order valence-corrected chi connectivity index (χ3v) is 3.84. The molecular formula is C16H19N3O5S. The topological polar surface area (TPSA) is 99.6 Å². The lowest BCUT2D eigenvalue weighted by Crippen LogP contribution is -2.12. The van der Waals surface area contributed by atoms with Gasteiger partial charge in [-0.1, -0.05) is 6.07 Å². The Balaban J connectivity index is 1.91. The van der Waals surface area contributed by atoms with Crippen molar-refractivity contribution >= 4 is 28.5 Å². The second-order valence-electron chi connectivity index (χ2n) is 4.88. The van der Waals surface area contributed by atoms with Gasteiger partial charge in [-0.05, 0) is 31.0 Å². The fourth-order valence-corrected chi connectivity index (χ4v) is 2.61. The predicted octanol–water partition coefficient (Wildman–Crippen LogP) is 2.30. The molecule has 9 heteroatoms. The molecule has 8 nitrogen and oxygen atoms in total. The van der Waals surface area contributed by atoms with Crippen LogP contribution in [-0.2, 0) is 16.0 Å². The molecule has 0 bridgehead atoms. The van der Waals surface area contributed by atoms with Gasteiger partial charge in [-0.3, -0.25) is 4.79 Å². The Bertz CT molecular complexity index is 747. The van der Waals surface area contributed by atoms with Crippen LogP contribution in [0.25, 0.3) is 0 Å². The Labute approximate surface area is 149 Å². The monoisotopic (exact) mass is 365 g/mol. The second-order valence-corrected chi connectivity index (χ2v) is 5.63. The van der Waals surface area contributed by atoms with Crippen LogP contribution in [0, 0.1) is 0 Å². The fourth-order valence-electron chi connectivity index (χ4n) is 2.03. The molecule has 1 amide bonds. The van der Waals surface area contributed by atoms with Gasteiger partial charge in [-0.25, -0.2) is 4.79 Å². The number of methoxy groups -OCH3 is 2. The molecule has 134 valence electrons. The number of amides is 1. The van der Waals surface area contributed by atoms with Crippen LogP contribution in [0.2, 0.25) is 0 Å². The first-order valence-corrected chi connectivity index (χ1v) is 8.36. The number of hydrogen-bond acceptors (Lipinski definition) is 8. The molecular weight excluding hydrogens is 346 g/mol. The Morgan fingerprint density at radius 2 is 2.04 bits per heavy atom. The zero-order valence-electron chi connectivity index (χ0n) is 14.2. The van der Waals surface area contributed by atoms with E-state index in [1.165, 1.54) is 7.11 Å². The van der Waals surface area contributed by atoms with Gasteiger partial charge in [0, 0.05) is 18.0 Å². The third kappa shape index (κ3) is 5.15. The number of esters is 1. The van der Waals surface area contributed by atoms with E-state index in [-0.39, 0.29) is 23.3 Å². The van der Waals surface area contributed by atoms with E-state index in [9.17, 15) is 9.59 Å². The molecule has 0 atom stereocenters. The average molecular weight is 365 g/mol. The summed E-state index contributed by atoms with van der Waals surface area (Å²) in [6.07, 6.45) is 0.779. The number of aromatic nitrogens is 2. The zero-order chi connectivity index (χ0) is 18.2. The smallest absolute Gasteiger partial charge is 0.377 e. The van der Waals surface area contributed by atoms with Crippen molar-refractivity contribution in [3.63, 3.8) is 0 Å². The molecule has 1 N–H and O–H groups in total. The molecule has 0 aliphatic heterocycles. The summed E-state index contributed by atoms with van der Waals surface area (Å²) in [7, 11) is 2.81. The first-order chi connectivity index (χ1) is 12.1. The van der Waals surface area contributed by atoms with Crippen molar-refractivity contribution in [3.05, 3.63) is 29.6 Å². The highest BCUT2D eigenvalue weighted by molar-refractivity contribution is 7.10. The summed E-state index contributed by atoms with van der Waals surface area (Å²) in [5.41, 5.74) is 0.947. The van der Waals surface area contributed by atoms with Gasteiger partial charge in [0.15, 0.2) is 11.5 Å². The minimum atomic E-state index is -0.641. The molecule has 1 aromatic carbocycles. The van der Waals surface area contributed by atoms with E-state index in [2.05, 4.69) is 19.4 Å². The molecule has 25 heavy (non-hydrogen) atoms. The number of anilines is 1. The minimum absolute atomic E-state index is 0.0703. The number of rotatable bonds is 8. The summed E-state index contributed by atoms with van der Waals surface area (Å²) in [6.45, 7) is 2.45. The number of aryl methyl sites for hydroxylation is 1. The molecule has 0 radical (unpaired) electrons. The van der Waals surface area contributed by atoms with E-state index in [0.717, 1.165) is 17.1 Å². The first-order valence-electron chi connectivity index (χ1n) is 7.59. The van der Waals surface area contributed by atoms with Crippen molar-refractivity contribution < 1.29 is 23.8 Å². The van der Waals surface area contributed by atoms with E-state index in [1.54, 1.807) is 7.11 Å². The summed E-state index contributed by atoms with van der Waals surface area (Å²) in [5.74, 6) is 0.367. The van der Waals surface area contributed by atoms with Crippen LogP contribution in [0.3, 0.4) is 0 Å². The number of carbonyl (C=O) groups is 2. The van der Waals surface area contributed by atoms with Gasteiger partial charge in [0.1, 0.15) is 0 Å². The highest BCUT2D eigenvalue weighted by Crippen LogP contribution is 2.28. The normalized spacial score (nSPS) is 10.2. The van der Waals surface area contributed by atoms with Crippen LogP contribution in [0.15, 0.2) is 18.2 Å². The first kappa shape index (κ1) is 18.7. The number of ether oxygens (including phenoxy) is 3. The summed E-state index contributed by atoms with van der Waals surface area (Å²) in [4.78, 5) is 27.2. The predicted molar refractivity (Wildman–Crippen MR) is 92.4 cm³/mol. The molecule has 0 fully saturated rings. The number of nitrogens with zero attached hydrogens (tertiary/aromatic N) is 2. The molecule has 0 saturated heterocycles. The zero-order valence-corrected chi connectivity index (χ0v) is 15.0.